The van der Waals surface area contributed by atoms with E-state index in [1.165, 1.54) is 0 Å². The van der Waals surface area contributed by atoms with Gasteiger partial charge in [0.05, 0.1) is 12.6 Å². The van der Waals surface area contributed by atoms with Gasteiger partial charge in [-0.25, -0.2) is 0 Å². The molecule has 2 aliphatic rings. The number of carbonyl (C=O) groups is 1. The summed E-state index contributed by atoms with van der Waals surface area (Å²) >= 11 is 4.95. The summed E-state index contributed by atoms with van der Waals surface area (Å²) in [7, 11) is 0. The van der Waals surface area contributed by atoms with Gasteiger partial charge in [0.1, 0.15) is 11.1 Å². The molecule has 2 aliphatic heterocycles. The minimum atomic E-state index is -0.213. The van der Waals surface area contributed by atoms with Gasteiger partial charge in [-0.3, -0.25) is 9.69 Å². The third-order valence-electron chi connectivity index (χ3n) is 3.36. The fraction of sp³-hybridized carbons (Fsp3) is 0.818. The molecule has 0 saturated carbocycles. The molecule has 3 N–H and O–H groups in total. The summed E-state index contributed by atoms with van der Waals surface area (Å²) in [6.07, 6.45) is 2.84. The number of carbonyl (C=O) groups excluding carboxylic acids is 1. The molecule has 0 aromatic rings. The van der Waals surface area contributed by atoms with Crippen LogP contribution in [0.15, 0.2) is 0 Å². The lowest BCUT2D eigenvalue weighted by Crippen LogP contribution is -2.55. The largest absolute Gasteiger partial charge is 0.391 e. The van der Waals surface area contributed by atoms with E-state index in [1.807, 2.05) is 0 Å². The molecule has 0 spiro atoms. The van der Waals surface area contributed by atoms with Crippen LogP contribution < -0.4 is 11.1 Å². The summed E-state index contributed by atoms with van der Waals surface area (Å²) in [6.45, 7) is 2.79. The van der Waals surface area contributed by atoms with E-state index in [2.05, 4.69) is 10.2 Å². The van der Waals surface area contributed by atoms with E-state index in [9.17, 15) is 4.79 Å². The molecule has 0 bridgehead atoms. The summed E-state index contributed by atoms with van der Waals surface area (Å²) in [6, 6.07) is -0.0433. The molecule has 0 aliphatic carbocycles. The van der Waals surface area contributed by atoms with Crippen LogP contribution in [0.4, 0.5) is 0 Å². The summed E-state index contributed by atoms with van der Waals surface area (Å²) in [5.41, 5.74) is 5.60. The zero-order valence-corrected chi connectivity index (χ0v) is 10.7. The molecule has 17 heavy (non-hydrogen) atoms. The number of thiocarbonyl (C=S) groups is 1. The van der Waals surface area contributed by atoms with E-state index in [-0.39, 0.29) is 18.1 Å². The van der Waals surface area contributed by atoms with Crippen LogP contribution in [-0.2, 0) is 9.53 Å². The Balaban J connectivity index is 1.99. The molecule has 96 valence electrons. The van der Waals surface area contributed by atoms with Crippen LogP contribution in [0.1, 0.15) is 19.3 Å². The second-order valence-corrected chi connectivity index (χ2v) is 5.03. The monoisotopic (exact) mass is 257 g/mol. The standard InChI is InChI=1S/C11H19N3O2S/c12-10(17)9-7-14(5-6-16-9)8-3-1-2-4-13-11(8)15/h8-9H,1-7H2,(H2,12,17)(H,13,15). The molecule has 2 fully saturated rings. The second-order valence-electron chi connectivity index (χ2n) is 4.56. The van der Waals surface area contributed by atoms with Crippen molar-refractivity contribution in [1.29, 1.82) is 0 Å². The minimum Gasteiger partial charge on any atom is -0.391 e. The van der Waals surface area contributed by atoms with Gasteiger partial charge < -0.3 is 15.8 Å². The average molecular weight is 257 g/mol. The zero-order valence-electron chi connectivity index (χ0n) is 9.85. The Labute approximate surface area is 107 Å². The number of hydrogen-bond donors (Lipinski definition) is 2. The molecule has 2 heterocycles. The predicted molar refractivity (Wildman–Crippen MR) is 68.7 cm³/mol. The lowest BCUT2D eigenvalue weighted by molar-refractivity contribution is -0.128. The van der Waals surface area contributed by atoms with Crippen LogP contribution in [0.25, 0.3) is 0 Å². The number of nitrogens with zero attached hydrogens (tertiary/aromatic N) is 1. The Morgan fingerprint density at radius 1 is 1.53 bits per heavy atom. The summed E-state index contributed by atoms with van der Waals surface area (Å²) in [5.74, 6) is 0.131. The fourth-order valence-electron chi connectivity index (χ4n) is 2.40. The molecule has 0 aromatic carbocycles. The molecule has 1 amide bonds. The molecule has 5 nitrogen and oxygen atoms in total. The van der Waals surface area contributed by atoms with E-state index in [0.717, 1.165) is 32.4 Å². The highest BCUT2D eigenvalue weighted by Gasteiger charge is 2.32. The van der Waals surface area contributed by atoms with Gasteiger partial charge in [0, 0.05) is 19.6 Å². The van der Waals surface area contributed by atoms with Crippen molar-refractivity contribution < 1.29 is 9.53 Å². The summed E-state index contributed by atoms with van der Waals surface area (Å²) in [5, 5.41) is 2.95. The Morgan fingerprint density at radius 3 is 3.12 bits per heavy atom. The first-order valence-electron chi connectivity index (χ1n) is 6.11. The number of ether oxygens (including phenoxy) is 1. The topological polar surface area (TPSA) is 67.6 Å². The van der Waals surface area contributed by atoms with Crippen molar-refractivity contribution in [3.63, 3.8) is 0 Å². The third kappa shape index (κ3) is 3.14. The molecule has 2 saturated heterocycles. The van der Waals surface area contributed by atoms with Gasteiger partial charge in [0.15, 0.2) is 0 Å². The lowest BCUT2D eigenvalue weighted by Gasteiger charge is -2.36. The molecule has 6 heteroatoms. The highest BCUT2D eigenvalue weighted by atomic mass is 32.1. The van der Waals surface area contributed by atoms with Crippen LogP contribution in [0.2, 0.25) is 0 Å². The molecule has 0 aromatic heterocycles. The Hall–Kier alpha value is -0.720. The SMILES string of the molecule is NC(=S)C1CN(C2CCCCNC2=O)CCO1. The van der Waals surface area contributed by atoms with E-state index in [0.29, 0.717) is 18.1 Å². The van der Waals surface area contributed by atoms with E-state index in [1.54, 1.807) is 0 Å². The molecule has 0 radical (unpaired) electrons. The maximum absolute atomic E-state index is 11.9. The minimum absolute atomic E-state index is 0.0433. The third-order valence-corrected chi connectivity index (χ3v) is 3.63. The molecule has 2 atom stereocenters. The van der Waals surface area contributed by atoms with Gasteiger partial charge in [-0.2, -0.15) is 0 Å². The van der Waals surface area contributed by atoms with Crippen LogP contribution >= 0.6 is 12.2 Å². The smallest absolute Gasteiger partial charge is 0.237 e. The number of rotatable bonds is 2. The van der Waals surface area contributed by atoms with Gasteiger partial charge in [-0.1, -0.05) is 12.2 Å². The van der Waals surface area contributed by atoms with E-state index < -0.39 is 0 Å². The van der Waals surface area contributed by atoms with Gasteiger partial charge in [0.2, 0.25) is 5.91 Å². The van der Waals surface area contributed by atoms with E-state index in [4.69, 9.17) is 22.7 Å². The van der Waals surface area contributed by atoms with Crippen molar-refractivity contribution in [2.24, 2.45) is 5.73 Å². The Kier molecular flexibility index (Phi) is 4.31. The number of nitrogens with two attached hydrogens (primary N) is 1. The van der Waals surface area contributed by atoms with E-state index >= 15 is 0 Å². The highest BCUT2D eigenvalue weighted by molar-refractivity contribution is 7.80. The second kappa shape index (κ2) is 5.75. The van der Waals surface area contributed by atoms with Crippen LogP contribution in [0.5, 0.6) is 0 Å². The van der Waals surface area contributed by atoms with Crippen molar-refractivity contribution in [2.45, 2.75) is 31.4 Å². The van der Waals surface area contributed by atoms with Gasteiger partial charge in [-0.05, 0) is 19.3 Å². The van der Waals surface area contributed by atoms with Gasteiger partial charge in [0.25, 0.3) is 0 Å². The number of nitrogens with one attached hydrogen (secondary N) is 1. The van der Waals surface area contributed by atoms with Crippen molar-refractivity contribution in [1.82, 2.24) is 10.2 Å². The lowest BCUT2D eigenvalue weighted by atomic mass is 10.1. The fourth-order valence-corrected chi connectivity index (χ4v) is 2.54. The van der Waals surface area contributed by atoms with Crippen LogP contribution in [0.3, 0.4) is 0 Å². The van der Waals surface area contributed by atoms with Crippen LogP contribution in [0, 0.1) is 0 Å². The predicted octanol–water partition coefficient (Wildman–Crippen LogP) is -0.358. The Bertz CT molecular complexity index is 311. The molecular formula is C11H19N3O2S. The van der Waals surface area contributed by atoms with Crippen molar-refractivity contribution in [2.75, 3.05) is 26.2 Å². The quantitative estimate of drug-likeness (QED) is 0.661. The molecular weight excluding hydrogens is 238 g/mol. The summed E-state index contributed by atoms with van der Waals surface area (Å²) in [4.78, 5) is 14.5. The first-order valence-corrected chi connectivity index (χ1v) is 6.52. The number of amides is 1. The normalized spacial score (nSPS) is 31.6. The first kappa shape index (κ1) is 12.7. The maximum atomic E-state index is 11.9. The highest BCUT2D eigenvalue weighted by Crippen LogP contribution is 2.16. The van der Waals surface area contributed by atoms with Crippen molar-refractivity contribution >= 4 is 23.1 Å². The maximum Gasteiger partial charge on any atom is 0.237 e. The average Bonchev–Trinajstić information content (AvgIpc) is 2.54. The number of morpholine rings is 1. The molecule has 2 rings (SSSR count). The zero-order chi connectivity index (χ0) is 12.3. The molecule has 2 unspecified atom stereocenters. The first-order chi connectivity index (χ1) is 8.18. The summed E-state index contributed by atoms with van der Waals surface area (Å²) < 4.78 is 5.49. The Morgan fingerprint density at radius 2 is 2.35 bits per heavy atom. The number of hydrogen-bond acceptors (Lipinski definition) is 4. The van der Waals surface area contributed by atoms with Crippen molar-refractivity contribution in [3.8, 4) is 0 Å². The van der Waals surface area contributed by atoms with Crippen molar-refractivity contribution in [3.05, 3.63) is 0 Å². The van der Waals surface area contributed by atoms with Gasteiger partial charge in [-0.15, -0.1) is 0 Å². The van der Waals surface area contributed by atoms with Crippen LogP contribution in [-0.4, -0.2) is 54.2 Å². The van der Waals surface area contributed by atoms with Gasteiger partial charge >= 0.3 is 0 Å².